The zero-order chi connectivity index (χ0) is 14.2. The molecule has 0 aliphatic heterocycles. The van der Waals surface area contributed by atoms with Crippen LogP contribution >= 0.6 is 11.6 Å². The fraction of sp³-hybridized carbons (Fsp3) is 0.188. The lowest BCUT2D eigenvalue weighted by Crippen LogP contribution is -1.95. The average Bonchev–Trinajstić information content (AvgIpc) is 3.24. The monoisotopic (exact) mass is 296 g/mol. The van der Waals surface area contributed by atoms with Gasteiger partial charge in [0.05, 0.1) is 6.04 Å². The summed E-state index contributed by atoms with van der Waals surface area (Å²) in [6, 6.07) is 12.0. The van der Waals surface area contributed by atoms with Crippen LogP contribution in [-0.4, -0.2) is 26.9 Å². The van der Waals surface area contributed by atoms with Gasteiger partial charge in [-0.25, -0.2) is 9.50 Å². The van der Waals surface area contributed by atoms with Crippen LogP contribution in [0.5, 0.6) is 0 Å². The van der Waals surface area contributed by atoms with E-state index in [0.29, 0.717) is 11.1 Å². The number of benzene rings is 1. The van der Waals surface area contributed by atoms with Crippen molar-refractivity contribution in [1.29, 1.82) is 0 Å². The van der Waals surface area contributed by atoms with Crippen LogP contribution in [0.25, 0.3) is 16.9 Å². The van der Waals surface area contributed by atoms with Gasteiger partial charge in [-0.05, 0) is 37.1 Å². The molecule has 4 rings (SSSR count). The van der Waals surface area contributed by atoms with Gasteiger partial charge in [-0.15, -0.1) is 0 Å². The molecular weight excluding hydrogens is 284 g/mol. The molecule has 0 saturated heterocycles. The van der Waals surface area contributed by atoms with Crippen LogP contribution in [0.15, 0.2) is 47.6 Å². The van der Waals surface area contributed by atoms with Crippen LogP contribution in [0.4, 0.5) is 0 Å². The number of imidazole rings is 1. The molecule has 0 bridgehead atoms. The molecule has 0 radical (unpaired) electrons. The summed E-state index contributed by atoms with van der Waals surface area (Å²) in [4.78, 5) is 9.17. The minimum Gasteiger partial charge on any atom is -0.288 e. The van der Waals surface area contributed by atoms with Gasteiger partial charge in [0.2, 0.25) is 0 Å². The third-order valence-corrected chi connectivity index (χ3v) is 3.71. The van der Waals surface area contributed by atoms with Crippen molar-refractivity contribution in [2.45, 2.75) is 18.9 Å². The summed E-state index contributed by atoms with van der Waals surface area (Å²) >= 11 is 6.12. The van der Waals surface area contributed by atoms with E-state index in [9.17, 15) is 0 Å². The lowest BCUT2D eigenvalue weighted by Gasteiger charge is -2.02. The van der Waals surface area contributed by atoms with Gasteiger partial charge in [0.15, 0.2) is 5.65 Å². The summed E-state index contributed by atoms with van der Waals surface area (Å²) in [5.74, 6) is 0. The number of fused-ring (bicyclic) bond motifs is 1. The molecule has 1 aliphatic carbocycles. The Bertz CT molecular complexity index is 833. The first-order chi connectivity index (χ1) is 10.3. The van der Waals surface area contributed by atoms with Gasteiger partial charge in [-0.2, -0.15) is 5.10 Å². The summed E-state index contributed by atoms with van der Waals surface area (Å²) < 4.78 is 1.83. The van der Waals surface area contributed by atoms with E-state index in [1.165, 1.54) is 12.8 Å². The van der Waals surface area contributed by atoms with Crippen molar-refractivity contribution < 1.29 is 0 Å². The molecule has 2 heterocycles. The summed E-state index contributed by atoms with van der Waals surface area (Å²) in [6.45, 7) is 0. The number of aliphatic imine (C=N–C) groups is 1. The summed E-state index contributed by atoms with van der Waals surface area (Å²) in [7, 11) is 0. The van der Waals surface area contributed by atoms with Gasteiger partial charge in [0.1, 0.15) is 11.4 Å². The Hall–Kier alpha value is -2.20. The van der Waals surface area contributed by atoms with E-state index in [0.717, 1.165) is 22.6 Å². The van der Waals surface area contributed by atoms with E-state index in [1.54, 1.807) is 6.20 Å². The largest absolute Gasteiger partial charge is 0.288 e. The number of aromatic nitrogens is 3. The van der Waals surface area contributed by atoms with E-state index in [4.69, 9.17) is 11.6 Å². The van der Waals surface area contributed by atoms with Crippen LogP contribution in [0.1, 0.15) is 18.5 Å². The smallest absolute Gasteiger partial charge is 0.154 e. The van der Waals surface area contributed by atoms with E-state index < -0.39 is 0 Å². The van der Waals surface area contributed by atoms with Gasteiger partial charge in [0, 0.05) is 23.0 Å². The fourth-order valence-electron chi connectivity index (χ4n) is 2.30. The van der Waals surface area contributed by atoms with Gasteiger partial charge in [-0.1, -0.05) is 23.7 Å². The predicted molar refractivity (Wildman–Crippen MR) is 84.0 cm³/mol. The summed E-state index contributed by atoms with van der Waals surface area (Å²) in [5, 5.41) is 5.10. The number of hydrogen-bond acceptors (Lipinski definition) is 3. The average molecular weight is 297 g/mol. The highest BCUT2D eigenvalue weighted by molar-refractivity contribution is 6.30. The van der Waals surface area contributed by atoms with Gasteiger partial charge < -0.3 is 0 Å². The molecule has 0 amide bonds. The SMILES string of the molecule is Clc1cccc(-c2c(/C=N/C3CC3)nc3cccnn23)c1. The van der Waals surface area contributed by atoms with Crippen molar-refractivity contribution in [2.24, 2.45) is 4.99 Å². The van der Waals surface area contributed by atoms with Gasteiger partial charge in [0.25, 0.3) is 0 Å². The van der Waals surface area contributed by atoms with Crippen LogP contribution in [0.3, 0.4) is 0 Å². The Morgan fingerprint density at radius 3 is 2.95 bits per heavy atom. The molecule has 2 aromatic heterocycles. The summed E-state index contributed by atoms with van der Waals surface area (Å²) in [6.07, 6.45) is 5.97. The fourth-order valence-corrected chi connectivity index (χ4v) is 2.49. The van der Waals surface area contributed by atoms with Crippen LogP contribution in [-0.2, 0) is 0 Å². The van der Waals surface area contributed by atoms with Crippen LogP contribution in [0, 0.1) is 0 Å². The molecule has 1 aromatic carbocycles. The standard InChI is InChI=1S/C16H13ClN4/c17-12-4-1-3-11(9-12)16-14(10-18-13-6-7-13)20-15-5-2-8-19-21(15)16/h1-5,8-10,13H,6-7H2/b18-10+. The molecule has 21 heavy (non-hydrogen) atoms. The van der Waals surface area contributed by atoms with E-state index in [1.807, 2.05) is 47.1 Å². The zero-order valence-electron chi connectivity index (χ0n) is 11.3. The lowest BCUT2D eigenvalue weighted by molar-refractivity contribution is 0.942. The van der Waals surface area contributed by atoms with Crippen molar-refractivity contribution in [2.75, 3.05) is 0 Å². The Morgan fingerprint density at radius 2 is 2.14 bits per heavy atom. The first kappa shape index (κ1) is 12.5. The number of halogens is 1. The van der Waals surface area contributed by atoms with E-state index in [-0.39, 0.29) is 0 Å². The Morgan fingerprint density at radius 1 is 1.24 bits per heavy atom. The highest BCUT2D eigenvalue weighted by Gasteiger charge is 2.20. The maximum atomic E-state index is 6.12. The second-order valence-corrected chi connectivity index (χ2v) is 5.60. The Balaban J connectivity index is 1.93. The second kappa shape index (κ2) is 4.97. The van der Waals surface area contributed by atoms with Crippen LogP contribution < -0.4 is 0 Å². The number of rotatable bonds is 3. The van der Waals surface area contributed by atoms with E-state index in [2.05, 4.69) is 15.1 Å². The highest BCUT2D eigenvalue weighted by atomic mass is 35.5. The molecule has 0 N–H and O–H groups in total. The quantitative estimate of drug-likeness (QED) is 0.693. The molecule has 0 unspecified atom stereocenters. The maximum Gasteiger partial charge on any atom is 0.154 e. The molecule has 5 heteroatoms. The highest BCUT2D eigenvalue weighted by Crippen LogP contribution is 2.27. The molecule has 1 saturated carbocycles. The molecule has 104 valence electrons. The summed E-state index contributed by atoms with van der Waals surface area (Å²) in [5.41, 5.74) is 3.57. The minimum absolute atomic E-state index is 0.468. The van der Waals surface area contributed by atoms with Crippen molar-refractivity contribution in [1.82, 2.24) is 14.6 Å². The Kier molecular flexibility index (Phi) is 2.97. The van der Waals surface area contributed by atoms with Crippen molar-refractivity contribution in [3.05, 3.63) is 53.3 Å². The maximum absolute atomic E-state index is 6.12. The normalized spacial score (nSPS) is 15.1. The molecule has 0 atom stereocenters. The number of hydrogen-bond donors (Lipinski definition) is 0. The first-order valence-electron chi connectivity index (χ1n) is 6.94. The molecule has 0 spiro atoms. The van der Waals surface area contributed by atoms with Crippen molar-refractivity contribution in [3.8, 4) is 11.3 Å². The molecular formula is C16H13ClN4. The van der Waals surface area contributed by atoms with E-state index >= 15 is 0 Å². The second-order valence-electron chi connectivity index (χ2n) is 5.16. The first-order valence-corrected chi connectivity index (χ1v) is 7.32. The lowest BCUT2D eigenvalue weighted by atomic mass is 10.1. The van der Waals surface area contributed by atoms with Gasteiger partial charge in [-0.3, -0.25) is 4.99 Å². The third-order valence-electron chi connectivity index (χ3n) is 3.47. The molecule has 1 aliphatic rings. The molecule has 3 aromatic rings. The Labute approximate surface area is 127 Å². The predicted octanol–water partition coefficient (Wildman–Crippen LogP) is 3.63. The molecule has 1 fully saturated rings. The third kappa shape index (κ3) is 2.43. The van der Waals surface area contributed by atoms with Gasteiger partial charge >= 0.3 is 0 Å². The zero-order valence-corrected chi connectivity index (χ0v) is 12.0. The van der Waals surface area contributed by atoms with Crippen molar-refractivity contribution in [3.63, 3.8) is 0 Å². The topological polar surface area (TPSA) is 42.5 Å². The van der Waals surface area contributed by atoms with Crippen molar-refractivity contribution >= 4 is 23.5 Å². The number of nitrogens with zero attached hydrogens (tertiary/aromatic N) is 4. The molecule has 4 nitrogen and oxygen atoms in total. The van der Waals surface area contributed by atoms with Crippen LogP contribution in [0.2, 0.25) is 5.02 Å². The minimum atomic E-state index is 0.468.